The number of aliphatic hydroxyl groups is 1. The maximum absolute atomic E-state index is 9.23. The van der Waals surface area contributed by atoms with Crippen LogP contribution >= 0.6 is 15.9 Å². The molecule has 1 nitrogen and oxygen atoms in total. The van der Waals surface area contributed by atoms with E-state index in [0.29, 0.717) is 0 Å². The van der Waals surface area contributed by atoms with Crippen LogP contribution in [-0.4, -0.2) is 11.7 Å². The summed E-state index contributed by atoms with van der Waals surface area (Å²) in [5, 5.41) is 9.23. The largest absolute Gasteiger partial charge is 0.395 e. The Bertz CT molecular complexity index is 291. The maximum Gasteiger partial charge on any atom is 0.0559 e. The van der Waals surface area contributed by atoms with Gasteiger partial charge in [-0.15, -0.1) is 6.58 Å². The van der Waals surface area contributed by atoms with Gasteiger partial charge < -0.3 is 5.11 Å². The molecule has 0 aliphatic heterocycles. The van der Waals surface area contributed by atoms with E-state index in [4.69, 9.17) is 0 Å². The fourth-order valence-electron chi connectivity index (χ4n) is 1.10. The molecule has 0 amide bonds. The first-order valence-electron chi connectivity index (χ1n) is 4.13. The van der Waals surface area contributed by atoms with Crippen molar-refractivity contribution in [3.63, 3.8) is 0 Å². The Kier molecular flexibility index (Phi) is 3.28. The van der Waals surface area contributed by atoms with E-state index in [1.807, 2.05) is 31.2 Å². The minimum absolute atomic E-state index is 0.0815. The quantitative estimate of drug-likeness (QED) is 0.806. The van der Waals surface area contributed by atoms with Gasteiger partial charge in [-0.1, -0.05) is 34.1 Å². The summed E-state index contributed by atoms with van der Waals surface area (Å²) >= 11 is 3.37. The SMILES string of the molecule is C=C[C@](C)(CO)c1ccc(Br)cc1. The second kappa shape index (κ2) is 4.07. The first-order valence-corrected chi connectivity index (χ1v) is 4.92. The molecular weight excluding hydrogens is 228 g/mol. The fraction of sp³-hybridized carbons (Fsp3) is 0.273. The van der Waals surface area contributed by atoms with E-state index in [2.05, 4.69) is 22.5 Å². The Morgan fingerprint density at radius 1 is 1.46 bits per heavy atom. The van der Waals surface area contributed by atoms with Crippen LogP contribution in [0.3, 0.4) is 0 Å². The lowest BCUT2D eigenvalue weighted by Gasteiger charge is -2.23. The normalized spacial score (nSPS) is 15.0. The molecule has 0 saturated heterocycles. The van der Waals surface area contributed by atoms with Crippen LogP contribution in [0.2, 0.25) is 0 Å². The molecule has 0 heterocycles. The summed E-state index contributed by atoms with van der Waals surface area (Å²) in [6.45, 7) is 5.77. The molecule has 0 aromatic heterocycles. The molecule has 13 heavy (non-hydrogen) atoms. The lowest BCUT2D eigenvalue weighted by molar-refractivity contribution is 0.236. The molecule has 1 rings (SSSR count). The number of hydrogen-bond acceptors (Lipinski definition) is 1. The van der Waals surface area contributed by atoms with Gasteiger partial charge in [-0.05, 0) is 24.6 Å². The van der Waals surface area contributed by atoms with Crippen molar-refractivity contribution < 1.29 is 5.11 Å². The second-order valence-electron chi connectivity index (χ2n) is 3.29. The Morgan fingerprint density at radius 2 is 2.00 bits per heavy atom. The molecule has 0 spiro atoms. The van der Waals surface area contributed by atoms with Crippen molar-refractivity contribution >= 4 is 15.9 Å². The molecule has 0 unspecified atom stereocenters. The summed E-state index contributed by atoms with van der Waals surface area (Å²) in [5.41, 5.74) is 0.744. The first kappa shape index (κ1) is 10.5. The van der Waals surface area contributed by atoms with Gasteiger partial charge in [0.05, 0.1) is 6.61 Å². The van der Waals surface area contributed by atoms with Crippen molar-refractivity contribution in [3.05, 3.63) is 47.0 Å². The van der Waals surface area contributed by atoms with E-state index in [-0.39, 0.29) is 12.0 Å². The molecule has 0 aliphatic carbocycles. The monoisotopic (exact) mass is 240 g/mol. The number of aliphatic hydroxyl groups excluding tert-OH is 1. The van der Waals surface area contributed by atoms with Crippen LogP contribution in [0.15, 0.2) is 41.4 Å². The molecule has 2 heteroatoms. The van der Waals surface area contributed by atoms with Gasteiger partial charge in [0.2, 0.25) is 0 Å². The number of rotatable bonds is 3. The molecule has 0 saturated carbocycles. The third-order valence-corrected chi connectivity index (χ3v) is 2.81. The Morgan fingerprint density at radius 3 is 2.38 bits per heavy atom. The second-order valence-corrected chi connectivity index (χ2v) is 4.20. The average molecular weight is 241 g/mol. The molecule has 1 atom stereocenters. The zero-order valence-electron chi connectivity index (χ0n) is 7.63. The Labute approximate surface area is 87.2 Å². The van der Waals surface area contributed by atoms with E-state index in [1.54, 1.807) is 6.08 Å². The summed E-state index contributed by atoms with van der Waals surface area (Å²) in [4.78, 5) is 0. The van der Waals surface area contributed by atoms with Crippen molar-refractivity contribution in [1.29, 1.82) is 0 Å². The van der Waals surface area contributed by atoms with Gasteiger partial charge in [-0.3, -0.25) is 0 Å². The zero-order valence-corrected chi connectivity index (χ0v) is 9.21. The average Bonchev–Trinajstić information content (AvgIpc) is 2.18. The van der Waals surface area contributed by atoms with Crippen LogP contribution in [0.4, 0.5) is 0 Å². The highest BCUT2D eigenvalue weighted by atomic mass is 79.9. The van der Waals surface area contributed by atoms with E-state index >= 15 is 0 Å². The van der Waals surface area contributed by atoms with Crippen LogP contribution in [0.25, 0.3) is 0 Å². The molecule has 0 fully saturated rings. The summed E-state index contributed by atoms with van der Waals surface area (Å²) < 4.78 is 1.04. The van der Waals surface area contributed by atoms with Gasteiger partial charge in [-0.25, -0.2) is 0 Å². The predicted molar refractivity (Wildman–Crippen MR) is 58.8 cm³/mol. The molecule has 0 aliphatic rings. The van der Waals surface area contributed by atoms with Gasteiger partial charge in [0, 0.05) is 9.89 Å². The van der Waals surface area contributed by atoms with Crippen molar-refractivity contribution in [2.24, 2.45) is 0 Å². The molecule has 0 radical (unpaired) electrons. The number of halogens is 1. The molecule has 1 aromatic rings. The van der Waals surface area contributed by atoms with Crippen LogP contribution in [0, 0.1) is 0 Å². The van der Waals surface area contributed by atoms with E-state index < -0.39 is 0 Å². The topological polar surface area (TPSA) is 20.2 Å². The van der Waals surface area contributed by atoms with Crippen molar-refractivity contribution in [2.45, 2.75) is 12.3 Å². The van der Waals surface area contributed by atoms with Crippen LogP contribution in [0.1, 0.15) is 12.5 Å². The standard InChI is InChI=1S/C11H13BrO/c1-3-11(2,8-13)9-4-6-10(12)7-5-9/h3-7,13H,1,8H2,2H3/t11-/m1/s1. The Balaban J connectivity index is 3.06. The van der Waals surface area contributed by atoms with Crippen LogP contribution < -0.4 is 0 Å². The summed E-state index contributed by atoms with van der Waals surface area (Å²) in [6, 6.07) is 7.91. The fourth-order valence-corrected chi connectivity index (χ4v) is 1.37. The maximum atomic E-state index is 9.23. The van der Waals surface area contributed by atoms with Gasteiger partial charge in [0.1, 0.15) is 0 Å². The van der Waals surface area contributed by atoms with Crippen LogP contribution in [-0.2, 0) is 5.41 Å². The third kappa shape index (κ3) is 2.20. The summed E-state index contributed by atoms with van der Waals surface area (Å²) in [6.07, 6.45) is 1.77. The number of benzene rings is 1. The smallest absolute Gasteiger partial charge is 0.0559 e. The molecule has 1 N–H and O–H groups in total. The number of hydrogen-bond donors (Lipinski definition) is 1. The van der Waals surface area contributed by atoms with Gasteiger partial charge in [-0.2, -0.15) is 0 Å². The summed E-state index contributed by atoms with van der Waals surface area (Å²) in [5.74, 6) is 0. The zero-order chi connectivity index (χ0) is 9.90. The summed E-state index contributed by atoms with van der Waals surface area (Å²) in [7, 11) is 0. The third-order valence-electron chi connectivity index (χ3n) is 2.28. The van der Waals surface area contributed by atoms with Gasteiger partial charge >= 0.3 is 0 Å². The highest BCUT2D eigenvalue weighted by molar-refractivity contribution is 9.10. The first-order chi connectivity index (χ1) is 6.12. The minimum atomic E-state index is -0.333. The highest BCUT2D eigenvalue weighted by Crippen LogP contribution is 2.25. The molecular formula is C11H13BrO. The van der Waals surface area contributed by atoms with Crippen molar-refractivity contribution in [1.82, 2.24) is 0 Å². The predicted octanol–water partition coefficient (Wildman–Crippen LogP) is 2.89. The highest BCUT2D eigenvalue weighted by Gasteiger charge is 2.20. The minimum Gasteiger partial charge on any atom is -0.395 e. The van der Waals surface area contributed by atoms with Gasteiger partial charge in [0.25, 0.3) is 0 Å². The van der Waals surface area contributed by atoms with Crippen molar-refractivity contribution in [2.75, 3.05) is 6.61 Å². The van der Waals surface area contributed by atoms with E-state index in [9.17, 15) is 5.11 Å². The van der Waals surface area contributed by atoms with Crippen molar-refractivity contribution in [3.8, 4) is 0 Å². The Hall–Kier alpha value is -0.600. The molecule has 70 valence electrons. The lowest BCUT2D eigenvalue weighted by atomic mass is 9.84. The van der Waals surface area contributed by atoms with Gasteiger partial charge in [0.15, 0.2) is 0 Å². The molecule has 0 bridgehead atoms. The van der Waals surface area contributed by atoms with E-state index in [1.165, 1.54) is 0 Å². The lowest BCUT2D eigenvalue weighted by Crippen LogP contribution is -2.23. The molecule has 1 aromatic carbocycles. The van der Waals surface area contributed by atoms with Crippen LogP contribution in [0.5, 0.6) is 0 Å². The van der Waals surface area contributed by atoms with E-state index in [0.717, 1.165) is 10.0 Å².